The fourth-order valence-corrected chi connectivity index (χ4v) is 5.89. The molecule has 1 rings (SSSR count). The zero-order valence-electron chi connectivity index (χ0n) is 15.8. The number of hydrogen-bond donors (Lipinski definition) is 0. The van der Waals surface area contributed by atoms with Gasteiger partial charge in [-0.25, -0.2) is 0 Å². The molecular formula is C22H39Si. The van der Waals surface area contributed by atoms with Crippen LogP contribution in [0.3, 0.4) is 0 Å². The van der Waals surface area contributed by atoms with Crippen molar-refractivity contribution in [3.63, 3.8) is 0 Å². The first-order valence-corrected chi connectivity index (χ1v) is 13.2. The summed E-state index contributed by atoms with van der Waals surface area (Å²) in [7, 11) is -1.18. The van der Waals surface area contributed by atoms with Crippen LogP contribution in [0.2, 0.25) is 19.1 Å². The number of unbranched alkanes of at least 4 members (excludes halogenated alkanes) is 11. The molecule has 0 unspecified atom stereocenters. The van der Waals surface area contributed by atoms with Gasteiger partial charge in [0.15, 0.2) is 0 Å². The fraction of sp³-hybridized carbons (Fsp3) is 0.682. The highest BCUT2D eigenvalue weighted by Crippen LogP contribution is 2.17. The van der Waals surface area contributed by atoms with Crippen LogP contribution in [0.5, 0.6) is 0 Å². The Hall–Kier alpha value is -0.563. The minimum Gasteiger partial charge on any atom is -0.0654 e. The predicted molar refractivity (Wildman–Crippen MR) is 109 cm³/mol. The van der Waals surface area contributed by atoms with Crippen LogP contribution in [0.4, 0.5) is 0 Å². The van der Waals surface area contributed by atoms with Crippen molar-refractivity contribution in [2.24, 2.45) is 0 Å². The molecule has 0 aliphatic rings. The molecule has 0 nitrogen and oxygen atoms in total. The third-order valence-corrected chi connectivity index (χ3v) is 8.61. The van der Waals surface area contributed by atoms with Gasteiger partial charge in [-0.05, 0) is 0 Å². The van der Waals surface area contributed by atoms with Crippen LogP contribution >= 0.6 is 0 Å². The quantitative estimate of drug-likeness (QED) is 0.251. The minimum atomic E-state index is -1.18. The van der Waals surface area contributed by atoms with Crippen LogP contribution in [-0.4, -0.2) is 8.07 Å². The Kier molecular flexibility index (Phi) is 11.4. The second-order valence-electron chi connectivity index (χ2n) is 7.74. The van der Waals surface area contributed by atoms with Gasteiger partial charge in [0, 0.05) is 0 Å². The van der Waals surface area contributed by atoms with Crippen LogP contribution < -0.4 is 5.19 Å². The molecule has 0 aliphatic carbocycles. The Balaban J connectivity index is 1.93. The fourth-order valence-electron chi connectivity index (χ4n) is 3.37. The smallest absolute Gasteiger partial charge is 0.0654 e. The summed E-state index contributed by atoms with van der Waals surface area (Å²) >= 11 is 0. The molecule has 0 atom stereocenters. The average Bonchev–Trinajstić information content (AvgIpc) is 2.56. The molecule has 0 saturated carbocycles. The molecule has 0 N–H and O–H groups in total. The first kappa shape index (κ1) is 20.5. The Morgan fingerprint density at radius 2 is 1.09 bits per heavy atom. The van der Waals surface area contributed by atoms with Gasteiger partial charge in [0.1, 0.15) is 0 Å². The second-order valence-corrected chi connectivity index (χ2v) is 12.6. The first-order valence-electron chi connectivity index (χ1n) is 10.0. The van der Waals surface area contributed by atoms with Gasteiger partial charge in [0.2, 0.25) is 0 Å². The minimum absolute atomic E-state index is 1.12. The Labute approximate surface area is 147 Å². The van der Waals surface area contributed by atoms with Gasteiger partial charge in [0.05, 0.1) is 8.07 Å². The average molecular weight is 332 g/mol. The lowest BCUT2D eigenvalue weighted by Gasteiger charge is -2.22. The van der Waals surface area contributed by atoms with Crippen molar-refractivity contribution in [1.29, 1.82) is 0 Å². The highest BCUT2D eigenvalue weighted by atomic mass is 28.3. The van der Waals surface area contributed by atoms with Crippen LogP contribution in [0.1, 0.15) is 77.0 Å². The molecule has 0 heterocycles. The standard InChI is InChI=1S/C22H39Si/c1-4-5-6-7-8-9-10-11-12-13-14-18-21-23(2,3)22-19-16-15-17-20-22/h15-17,19-20H,1,4-14,18,21H2,2-3H3. The van der Waals surface area contributed by atoms with E-state index in [4.69, 9.17) is 0 Å². The topological polar surface area (TPSA) is 0 Å². The summed E-state index contributed by atoms with van der Waals surface area (Å²) in [6.07, 6.45) is 16.8. The maximum absolute atomic E-state index is 3.90. The molecule has 1 heteroatoms. The molecule has 0 aromatic heterocycles. The molecule has 1 aromatic rings. The summed E-state index contributed by atoms with van der Waals surface area (Å²) in [6, 6.07) is 12.7. The van der Waals surface area contributed by atoms with Crippen LogP contribution in [0, 0.1) is 6.92 Å². The third-order valence-electron chi connectivity index (χ3n) is 5.11. The van der Waals surface area contributed by atoms with Crippen molar-refractivity contribution >= 4 is 13.3 Å². The van der Waals surface area contributed by atoms with Crippen molar-refractivity contribution < 1.29 is 0 Å². The summed E-state index contributed by atoms with van der Waals surface area (Å²) in [4.78, 5) is 0. The summed E-state index contributed by atoms with van der Waals surface area (Å²) in [5, 5.41) is 1.62. The lowest BCUT2D eigenvalue weighted by atomic mass is 10.1. The Morgan fingerprint density at radius 3 is 1.57 bits per heavy atom. The number of hydrogen-bond acceptors (Lipinski definition) is 0. The third kappa shape index (κ3) is 10.0. The van der Waals surface area contributed by atoms with Gasteiger partial charge in [-0.3, -0.25) is 0 Å². The molecule has 1 radical (unpaired) electrons. The van der Waals surface area contributed by atoms with Gasteiger partial charge in [-0.15, -0.1) is 0 Å². The molecule has 23 heavy (non-hydrogen) atoms. The van der Waals surface area contributed by atoms with Gasteiger partial charge >= 0.3 is 0 Å². The van der Waals surface area contributed by atoms with Gasteiger partial charge in [-0.1, -0.05) is 139 Å². The normalized spacial score (nSPS) is 11.8. The molecule has 0 fully saturated rings. The zero-order valence-corrected chi connectivity index (χ0v) is 16.8. The first-order chi connectivity index (χ1) is 11.2. The predicted octanol–water partition coefficient (Wildman–Crippen LogP) is 7.12. The van der Waals surface area contributed by atoms with E-state index in [1.165, 1.54) is 76.7 Å². The Bertz CT molecular complexity index is 369. The van der Waals surface area contributed by atoms with E-state index in [1.807, 2.05) is 0 Å². The second kappa shape index (κ2) is 12.8. The van der Waals surface area contributed by atoms with Gasteiger partial charge < -0.3 is 0 Å². The monoisotopic (exact) mass is 331 g/mol. The van der Waals surface area contributed by atoms with Crippen molar-refractivity contribution in [2.45, 2.75) is 96.2 Å². The van der Waals surface area contributed by atoms with E-state index in [2.05, 4.69) is 50.3 Å². The molecule has 131 valence electrons. The van der Waals surface area contributed by atoms with Crippen LogP contribution in [0.25, 0.3) is 0 Å². The van der Waals surface area contributed by atoms with Crippen molar-refractivity contribution in [3.8, 4) is 0 Å². The molecule has 0 saturated heterocycles. The van der Waals surface area contributed by atoms with E-state index in [9.17, 15) is 0 Å². The maximum atomic E-state index is 3.90. The lowest BCUT2D eigenvalue weighted by Crippen LogP contribution is -2.40. The van der Waals surface area contributed by atoms with E-state index < -0.39 is 8.07 Å². The molecule has 0 spiro atoms. The van der Waals surface area contributed by atoms with Crippen molar-refractivity contribution in [1.82, 2.24) is 0 Å². The van der Waals surface area contributed by atoms with E-state index in [0.717, 1.165) is 6.42 Å². The van der Waals surface area contributed by atoms with Crippen LogP contribution in [-0.2, 0) is 0 Å². The lowest BCUT2D eigenvalue weighted by molar-refractivity contribution is 0.550. The molecule has 0 aliphatic heterocycles. The summed E-state index contributed by atoms with van der Waals surface area (Å²) < 4.78 is 0. The van der Waals surface area contributed by atoms with E-state index in [1.54, 1.807) is 5.19 Å². The summed E-state index contributed by atoms with van der Waals surface area (Å²) in [5.74, 6) is 0. The van der Waals surface area contributed by atoms with Gasteiger partial charge in [-0.2, -0.15) is 0 Å². The maximum Gasteiger partial charge on any atom is 0.0806 e. The van der Waals surface area contributed by atoms with E-state index in [0.29, 0.717) is 0 Å². The molecule has 0 bridgehead atoms. The van der Waals surface area contributed by atoms with Crippen molar-refractivity contribution in [3.05, 3.63) is 37.3 Å². The highest BCUT2D eigenvalue weighted by molar-refractivity contribution is 6.89. The summed E-state index contributed by atoms with van der Waals surface area (Å²) in [6.45, 7) is 8.95. The zero-order chi connectivity index (χ0) is 16.8. The summed E-state index contributed by atoms with van der Waals surface area (Å²) in [5.41, 5.74) is 0. The molecular weight excluding hydrogens is 292 g/mol. The number of rotatable bonds is 14. The van der Waals surface area contributed by atoms with Gasteiger partial charge in [0.25, 0.3) is 0 Å². The Morgan fingerprint density at radius 1 is 0.652 bits per heavy atom. The molecule has 1 aromatic carbocycles. The van der Waals surface area contributed by atoms with E-state index in [-0.39, 0.29) is 0 Å². The largest absolute Gasteiger partial charge is 0.0806 e. The SMILES string of the molecule is [CH2]CCCCCCCCCCCCC[Si](C)(C)c1ccccc1. The number of benzene rings is 1. The van der Waals surface area contributed by atoms with E-state index >= 15 is 0 Å². The van der Waals surface area contributed by atoms with Crippen LogP contribution in [0.15, 0.2) is 30.3 Å². The van der Waals surface area contributed by atoms with Crippen molar-refractivity contribution in [2.75, 3.05) is 0 Å². The molecule has 0 amide bonds. The highest BCUT2D eigenvalue weighted by Gasteiger charge is 2.21.